The van der Waals surface area contributed by atoms with Crippen molar-refractivity contribution in [1.29, 1.82) is 0 Å². The number of aryl methyl sites for hydroxylation is 3. The highest BCUT2D eigenvalue weighted by atomic mass is 16.5. The van der Waals surface area contributed by atoms with Crippen LogP contribution in [0.5, 0.6) is 0 Å². The SMILES string of the molecule is COCCN(CCc1c[nH]c2ccccc12)c1nc(Nc2ccc(C)cc2)cc(N2CCCCC2)n1.Cc1ccc(Nc2cc(N3CCCCC3)nc(N(C)C(C)Cc3c[nH]c4ccccc34)n2)cc1.Cc1ccc(Nc2cc(N3CCCCC3)nc(N(C)CCc3ccccc3)n2)cc1. The van der Waals surface area contributed by atoms with Gasteiger partial charge in [-0.1, -0.05) is 120 Å². The summed E-state index contributed by atoms with van der Waals surface area (Å²) in [5.74, 6) is 7.77. The maximum atomic E-state index is 5.46. The van der Waals surface area contributed by atoms with Gasteiger partial charge in [0.05, 0.1) is 6.61 Å². The minimum atomic E-state index is 0.239. The van der Waals surface area contributed by atoms with Gasteiger partial charge in [0.25, 0.3) is 0 Å². The molecule has 520 valence electrons. The topological polar surface area (TPSA) is 174 Å². The fourth-order valence-corrected chi connectivity index (χ4v) is 13.2. The average molecular weight is 1340 g/mol. The van der Waals surface area contributed by atoms with Crippen LogP contribution in [0.4, 0.5) is 69.8 Å². The van der Waals surface area contributed by atoms with E-state index in [0.717, 1.165) is 148 Å². The van der Waals surface area contributed by atoms with Gasteiger partial charge >= 0.3 is 0 Å². The molecule has 0 spiro atoms. The lowest BCUT2D eigenvalue weighted by Gasteiger charge is -2.30. The van der Waals surface area contributed by atoms with E-state index in [1.165, 1.54) is 113 Å². The third-order valence-electron chi connectivity index (χ3n) is 19.4. The zero-order valence-corrected chi connectivity index (χ0v) is 59.7. The number of anilines is 12. The quantitative estimate of drug-likeness (QED) is 0.0386. The van der Waals surface area contributed by atoms with Gasteiger partial charge in [-0.15, -0.1) is 0 Å². The third-order valence-corrected chi connectivity index (χ3v) is 19.4. The Morgan fingerprint density at radius 1 is 0.440 bits per heavy atom. The highest BCUT2D eigenvalue weighted by Gasteiger charge is 2.23. The average Bonchev–Trinajstić information content (AvgIpc) is 1.55. The molecule has 3 fully saturated rings. The van der Waals surface area contributed by atoms with E-state index in [9.17, 15) is 0 Å². The summed E-state index contributed by atoms with van der Waals surface area (Å²) in [4.78, 5) is 50.3. The number of ether oxygens (including phenoxy) is 1. The van der Waals surface area contributed by atoms with Crippen LogP contribution in [-0.2, 0) is 24.0 Å². The largest absolute Gasteiger partial charge is 0.383 e. The summed E-state index contributed by atoms with van der Waals surface area (Å²) in [7, 11) is 5.92. The first-order chi connectivity index (χ1) is 48.9. The predicted molar refractivity (Wildman–Crippen MR) is 417 cm³/mol. The summed E-state index contributed by atoms with van der Waals surface area (Å²) in [5, 5.41) is 13.1. The fraction of sp³-hybridized carbons (Fsp3) is 0.366. The second kappa shape index (κ2) is 34.5. The van der Waals surface area contributed by atoms with E-state index >= 15 is 0 Å². The van der Waals surface area contributed by atoms with E-state index in [2.05, 4.69) is 279 Å². The van der Waals surface area contributed by atoms with Gasteiger partial charge in [0, 0.05) is 156 Å². The summed E-state index contributed by atoms with van der Waals surface area (Å²) in [6.45, 7) is 17.9. The molecule has 3 saturated heterocycles. The predicted octanol–water partition coefficient (Wildman–Crippen LogP) is 17.0. The normalized spacial score (nSPS) is 14.2. The molecule has 11 aromatic rings. The van der Waals surface area contributed by atoms with Gasteiger partial charge in [0.1, 0.15) is 34.9 Å². The molecule has 6 aromatic carbocycles. The summed E-state index contributed by atoms with van der Waals surface area (Å²) in [6.07, 6.45) is 18.2. The van der Waals surface area contributed by atoms with Crippen molar-refractivity contribution in [3.63, 3.8) is 0 Å². The summed E-state index contributed by atoms with van der Waals surface area (Å²) in [5.41, 5.74) is 13.1. The van der Waals surface area contributed by atoms with Crippen LogP contribution in [0.2, 0.25) is 0 Å². The molecule has 18 nitrogen and oxygen atoms in total. The number of para-hydroxylation sites is 2. The smallest absolute Gasteiger partial charge is 0.229 e. The molecular weight excluding hydrogens is 1240 g/mol. The van der Waals surface area contributed by atoms with Crippen molar-refractivity contribution < 1.29 is 4.74 Å². The molecule has 3 aliphatic heterocycles. The summed E-state index contributed by atoms with van der Waals surface area (Å²) < 4.78 is 5.46. The van der Waals surface area contributed by atoms with Gasteiger partial charge in [-0.05, 0) is 170 Å². The van der Waals surface area contributed by atoms with Crippen molar-refractivity contribution >= 4 is 91.6 Å². The van der Waals surface area contributed by atoms with E-state index in [-0.39, 0.29) is 6.04 Å². The Hall–Kier alpha value is -10.2. The number of likely N-dealkylation sites (N-methyl/N-ethyl adjacent to an activating group) is 2. The van der Waals surface area contributed by atoms with Crippen LogP contribution in [0.15, 0.2) is 182 Å². The number of aromatic amines is 2. The molecule has 1 unspecified atom stereocenters. The molecule has 0 amide bonds. The van der Waals surface area contributed by atoms with Crippen LogP contribution in [0.1, 0.15) is 98.1 Å². The zero-order valence-electron chi connectivity index (χ0n) is 59.7. The van der Waals surface area contributed by atoms with Crippen molar-refractivity contribution in [2.75, 3.05) is 132 Å². The Labute approximate surface area is 591 Å². The van der Waals surface area contributed by atoms with Gasteiger partial charge in [0.15, 0.2) is 0 Å². The fourth-order valence-electron chi connectivity index (χ4n) is 13.2. The number of H-pyrrole nitrogens is 2. The number of benzene rings is 6. The zero-order chi connectivity index (χ0) is 69.0. The van der Waals surface area contributed by atoms with E-state index in [1.807, 2.05) is 0 Å². The van der Waals surface area contributed by atoms with Crippen molar-refractivity contribution in [2.24, 2.45) is 0 Å². The lowest BCUT2D eigenvalue weighted by molar-refractivity contribution is 0.205. The molecule has 0 radical (unpaired) electrons. The molecule has 14 rings (SSSR count). The molecule has 8 heterocycles. The monoisotopic (exact) mass is 1340 g/mol. The van der Waals surface area contributed by atoms with E-state index in [0.29, 0.717) is 6.61 Å². The van der Waals surface area contributed by atoms with Gasteiger partial charge < -0.3 is 60.1 Å². The maximum Gasteiger partial charge on any atom is 0.229 e. The molecule has 0 bridgehead atoms. The number of aromatic nitrogens is 8. The molecule has 5 N–H and O–H groups in total. The van der Waals surface area contributed by atoms with Crippen LogP contribution in [0, 0.1) is 20.8 Å². The summed E-state index contributed by atoms with van der Waals surface area (Å²) >= 11 is 0. The molecule has 100 heavy (non-hydrogen) atoms. The van der Waals surface area contributed by atoms with Gasteiger partial charge in [0.2, 0.25) is 17.8 Å². The van der Waals surface area contributed by atoms with Crippen LogP contribution in [-0.4, -0.2) is 133 Å². The lowest BCUT2D eigenvalue weighted by atomic mass is 10.1. The Balaban J connectivity index is 0.000000143. The number of nitrogens with one attached hydrogen (secondary N) is 5. The molecule has 0 saturated carbocycles. The molecule has 5 aromatic heterocycles. The van der Waals surface area contributed by atoms with Gasteiger partial charge in [-0.3, -0.25) is 0 Å². The first-order valence-corrected chi connectivity index (χ1v) is 36.2. The number of hydrogen-bond donors (Lipinski definition) is 5. The standard InChI is InChI=1S/C29H36N6O.C28H34N6.C25H31N5/c1-22-10-12-24(13-11-22)31-27-20-28(34-15-6-3-7-16-34)33-29(32-27)35(18-19-36-2)17-14-23-21-30-26-9-5-4-8-25(23)26;1-20-11-13-23(14-12-20)30-26-18-27(34-15-7-4-8-16-34)32-28(31-26)33(3)21(2)17-22-19-29-25-10-6-5-9-24(22)25;1-20-11-13-22(14-12-20)26-23-19-24(30-16-7-4-8-17-30)28-25(27-23)29(2)18-15-21-9-5-3-6-10-21/h4-5,8-13,20-21,30H,3,6-7,14-19H2,1-2H3,(H,31,32,33);5-6,9-14,18-19,21,29H,4,7-8,15-17H2,1-3H3,(H,30,31,32);3,5-6,9-14,19H,4,7-8,15-18H2,1-2H3,(H,26,27,28). The summed E-state index contributed by atoms with van der Waals surface area (Å²) in [6, 6.07) is 59.3. The number of nitrogens with zero attached hydrogens (tertiary/aromatic N) is 12. The van der Waals surface area contributed by atoms with Crippen LogP contribution >= 0.6 is 0 Å². The number of fused-ring (bicyclic) bond motifs is 2. The van der Waals surface area contributed by atoms with Gasteiger partial charge in [-0.2, -0.15) is 29.9 Å². The number of rotatable bonds is 24. The van der Waals surface area contributed by atoms with Crippen LogP contribution in [0.3, 0.4) is 0 Å². The highest BCUT2D eigenvalue weighted by molar-refractivity contribution is 5.84. The molecule has 0 aliphatic carbocycles. The van der Waals surface area contributed by atoms with E-state index < -0.39 is 0 Å². The lowest BCUT2D eigenvalue weighted by Crippen LogP contribution is -2.34. The van der Waals surface area contributed by atoms with E-state index in [1.54, 1.807) is 7.11 Å². The molecule has 18 heteroatoms. The van der Waals surface area contributed by atoms with Crippen molar-refractivity contribution in [3.8, 4) is 0 Å². The molecule has 3 aliphatic rings. The third kappa shape index (κ3) is 19.2. The first-order valence-electron chi connectivity index (χ1n) is 36.2. The van der Waals surface area contributed by atoms with Crippen molar-refractivity contribution in [3.05, 3.63) is 216 Å². The number of methoxy groups -OCH3 is 1. The number of piperidine rings is 3. The van der Waals surface area contributed by atoms with Crippen molar-refractivity contribution in [1.82, 2.24) is 39.9 Å². The minimum Gasteiger partial charge on any atom is -0.383 e. The second-order valence-corrected chi connectivity index (χ2v) is 27.1. The number of hydrogen-bond acceptors (Lipinski definition) is 16. The second-order valence-electron chi connectivity index (χ2n) is 27.1. The Morgan fingerprint density at radius 2 is 0.850 bits per heavy atom. The van der Waals surface area contributed by atoms with Crippen LogP contribution in [0.25, 0.3) is 21.8 Å². The molecular formula is C82H101N17O. The van der Waals surface area contributed by atoms with Crippen LogP contribution < -0.4 is 45.3 Å². The first kappa shape index (κ1) is 69.7. The highest BCUT2D eigenvalue weighted by Crippen LogP contribution is 2.31. The Bertz CT molecular complexity index is 4310. The molecule has 1 atom stereocenters. The van der Waals surface area contributed by atoms with E-state index in [4.69, 9.17) is 34.6 Å². The Morgan fingerprint density at radius 3 is 1.33 bits per heavy atom. The minimum absolute atomic E-state index is 0.239. The van der Waals surface area contributed by atoms with Crippen molar-refractivity contribution in [2.45, 2.75) is 111 Å². The van der Waals surface area contributed by atoms with Gasteiger partial charge in [-0.25, -0.2) is 0 Å². The Kier molecular flexibility index (Phi) is 24.1. The maximum absolute atomic E-state index is 5.46.